The Morgan fingerprint density at radius 1 is 0.912 bits per heavy atom. The number of methoxy groups -OCH3 is 1. The van der Waals surface area contributed by atoms with E-state index in [4.69, 9.17) is 21.2 Å². The van der Waals surface area contributed by atoms with Crippen LogP contribution in [0.15, 0.2) is 72.8 Å². The predicted molar refractivity (Wildman–Crippen MR) is 124 cm³/mol. The number of hydrogen-bond acceptors (Lipinski definition) is 7. The molecule has 2 aliphatic rings. The molecule has 0 aliphatic carbocycles. The summed E-state index contributed by atoms with van der Waals surface area (Å²) in [6.45, 7) is 0. The number of halogens is 1. The van der Waals surface area contributed by atoms with Crippen molar-refractivity contribution in [1.29, 1.82) is 0 Å². The van der Waals surface area contributed by atoms with Crippen molar-refractivity contribution in [2.75, 3.05) is 17.1 Å². The lowest BCUT2D eigenvalue weighted by molar-refractivity contribution is -0.384. The Bertz CT molecular complexity index is 1260. The molecule has 0 saturated carbocycles. The average molecular weight is 480 g/mol. The van der Waals surface area contributed by atoms with Gasteiger partial charge in [-0.2, -0.15) is 0 Å². The summed E-state index contributed by atoms with van der Waals surface area (Å²) < 4.78 is 5.16. The van der Waals surface area contributed by atoms with Gasteiger partial charge in [-0.25, -0.2) is 9.96 Å². The van der Waals surface area contributed by atoms with Crippen LogP contribution in [0.25, 0.3) is 0 Å². The molecular formula is C24H18ClN3O6. The molecule has 172 valence electrons. The summed E-state index contributed by atoms with van der Waals surface area (Å²) in [6, 6.07) is 18.6. The summed E-state index contributed by atoms with van der Waals surface area (Å²) in [5, 5.41) is 13.1. The van der Waals surface area contributed by atoms with Crippen LogP contribution in [-0.2, 0) is 14.4 Å². The zero-order chi connectivity index (χ0) is 24.0. The molecule has 2 heterocycles. The summed E-state index contributed by atoms with van der Waals surface area (Å²) >= 11 is 6.02. The molecule has 0 spiro atoms. The van der Waals surface area contributed by atoms with E-state index < -0.39 is 34.8 Å². The van der Waals surface area contributed by atoms with Crippen LogP contribution in [0.5, 0.6) is 5.75 Å². The lowest BCUT2D eigenvalue weighted by Gasteiger charge is -2.28. The minimum atomic E-state index is -1.05. The van der Waals surface area contributed by atoms with E-state index in [1.165, 1.54) is 24.3 Å². The van der Waals surface area contributed by atoms with E-state index in [9.17, 15) is 19.7 Å². The molecule has 34 heavy (non-hydrogen) atoms. The fourth-order valence-electron chi connectivity index (χ4n) is 4.34. The van der Waals surface area contributed by atoms with Crippen LogP contribution in [-0.4, -0.2) is 30.0 Å². The summed E-state index contributed by atoms with van der Waals surface area (Å²) in [5.74, 6) is -1.16. The van der Waals surface area contributed by atoms with Gasteiger partial charge in [0.2, 0.25) is 5.91 Å². The molecule has 0 aromatic heterocycles. The standard InChI is InChI=1S/C24H18ClN3O6/c1-33-19-12-10-16(11-13-19)26-23(29)20-21(14-2-6-18(7-3-14)28(31)32)27(34-22(20)24(26)30)17-8-4-15(25)5-9-17/h2-13,20-22H,1H3. The van der Waals surface area contributed by atoms with Crippen molar-refractivity contribution >= 4 is 40.5 Å². The maximum Gasteiger partial charge on any atom is 0.269 e. The largest absolute Gasteiger partial charge is 0.497 e. The molecular weight excluding hydrogens is 462 g/mol. The number of ether oxygens (including phenoxy) is 1. The van der Waals surface area contributed by atoms with Gasteiger partial charge in [-0.05, 0) is 54.1 Å². The number of carbonyl (C=O) groups excluding carboxylic acids is 2. The fraction of sp³-hybridized carbons (Fsp3) is 0.167. The van der Waals surface area contributed by atoms with Gasteiger partial charge in [-0.1, -0.05) is 23.7 Å². The lowest BCUT2D eigenvalue weighted by Crippen LogP contribution is -2.37. The number of hydroxylamine groups is 1. The number of amides is 2. The van der Waals surface area contributed by atoms with E-state index in [0.29, 0.717) is 27.7 Å². The molecule has 10 heteroatoms. The minimum absolute atomic E-state index is 0.0778. The van der Waals surface area contributed by atoms with Crippen molar-refractivity contribution in [3.05, 3.63) is 93.5 Å². The molecule has 3 aromatic carbocycles. The number of hydrogen-bond donors (Lipinski definition) is 0. The van der Waals surface area contributed by atoms with Crippen molar-refractivity contribution in [2.24, 2.45) is 5.92 Å². The minimum Gasteiger partial charge on any atom is -0.497 e. The second-order valence-corrected chi connectivity index (χ2v) is 8.29. The molecule has 2 saturated heterocycles. The van der Waals surface area contributed by atoms with Crippen LogP contribution < -0.4 is 14.7 Å². The van der Waals surface area contributed by atoms with E-state index in [1.54, 1.807) is 60.7 Å². The lowest BCUT2D eigenvalue weighted by atomic mass is 9.90. The normalized spacial score (nSPS) is 21.6. The van der Waals surface area contributed by atoms with Crippen molar-refractivity contribution in [3.8, 4) is 5.75 Å². The van der Waals surface area contributed by atoms with Crippen LogP contribution in [0, 0.1) is 16.0 Å². The first-order valence-corrected chi connectivity index (χ1v) is 10.7. The predicted octanol–water partition coefficient (Wildman–Crippen LogP) is 4.31. The van der Waals surface area contributed by atoms with Gasteiger partial charge in [-0.15, -0.1) is 0 Å². The van der Waals surface area contributed by atoms with E-state index in [0.717, 1.165) is 4.90 Å². The van der Waals surface area contributed by atoms with Gasteiger partial charge in [0.1, 0.15) is 11.7 Å². The quantitative estimate of drug-likeness (QED) is 0.305. The number of nitrogens with zero attached hydrogens (tertiary/aromatic N) is 3. The molecule has 0 bridgehead atoms. The van der Waals surface area contributed by atoms with Crippen LogP contribution in [0.1, 0.15) is 11.6 Å². The molecule has 3 aromatic rings. The smallest absolute Gasteiger partial charge is 0.269 e. The first-order valence-electron chi connectivity index (χ1n) is 10.4. The number of nitro groups is 1. The Hall–Kier alpha value is -3.95. The van der Waals surface area contributed by atoms with Gasteiger partial charge in [0.15, 0.2) is 6.10 Å². The number of nitro benzene ring substituents is 1. The Morgan fingerprint density at radius 2 is 1.53 bits per heavy atom. The number of rotatable bonds is 5. The molecule has 3 unspecified atom stereocenters. The second kappa shape index (κ2) is 8.44. The highest BCUT2D eigenvalue weighted by Crippen LogP contribution is 2.48. The highest BCUT2D eigenvalue weighted by atomic mass is 35.5. The molecule has 2 fully saturated rings. The van der Waals surface area contributed by atoms with E-state index >= 15 is 0 Å². The Kier molecular flexibility index (Phi) is 5.43. The third kappa shape index (κ3) is 3.55. The Balaban J connectivity index is 1.55. The summed E-state index contributed by atoms with van der Waals surface area (Å²) in [4.78, 5) is 44.7. The zero-order valence-corrected chi connectivity index (χ0v) is 18.6. The molecule has 2 aliphatic heterocycles. The van der Waals surface area contributed by atoms with E-state index in [2.05, 4.69) is 0 Å². The van der Waals surface area contributed by atoms with Gasteiger partial charge >= 0.3 is 0 Å². The third-order valence-corrected chi connectivity index (χ3v) is 6.22. The number of non-ortho nitro benzene ring substituents is 1. The summed E-state index contributed by atoms with van der Waals surface area (Å²) in [6.07, 6.45) is -1.05. The van der Waals surface area contributed by atoms with Gasteiger partial charge in [0, 0.05) is 17.2 Å². The molecule has 9 nitrogen and oxygen atoms in total. The van der Waals surface area contributed by atoms with Crippen molar-refractivity contribution in [2.45, 2.75) is 12.1 Å². The topological polar surface area (TPSA) is 102 Å². The van der Waals surface area contributed by atoms with E-state index in [1.807, 2.05) is 0 Å². The fourth-order valence-corrected chi connectivity index (χ4v) is 4.47. The molecule has 0 N–H and O–H groups in total. The van der Waals surface area contributed by atoms with E-state index in [-0.39, 0.29) is 5.69 Å². The van der Waals surface area contributed by atoms with Crippen molar-refractivity contribution in [1.82, 2.24) is 0 Å². The number of carbonyl (C=O) groups is 2. The van der Waals surface area contributed by atoms with Crippen LogP contribution >= 0.6 is 11.6 Å². The molecule has 5 rings (SSSR count). The highest BCUT2D eigenvalue weighted by molar-refractivity contribution is 6.30. The van der Waals surface area contributed by atoms with Gasteiger partial charge in [0.25, 0.3) is 11.6 Å². The third-order valence-electron chi connectivity index (χ3n) is 5.97. The molecule has 3 atom stereocenters. The number of anilines is 2. The Labute approximate surface area is 199 Å². The van der Waals surface area contributed by atoms with Crippen LogP contribution in [0.3, 0.4) is 0 Å². The van der Waals surface area contributed by atoms with Crippen molar-refractivity contribution < 1.29 is 24.1 Å². The SMILES string of the molecule is COc1ccc(N2C(=O)C3ON(c4ccc(Cl)cc4)C(c4ccc([N+](=O)[O-])cc4)C3C2=O)cc1. The molecule has 2 amide bonds. The maximum absolute atomic E-state index is 13.6. The highest BCUT2D eigenvalue weighted by Gasteiger charge is 2.60. The number of fused-ring (bicyclic) bond motifs is 1. The van der Waals surface area contributed by atoms with Gasteiger partial charge < -0.3 is 4.74 Å². The van der Waals surface area contributed by atoms with Crippen molar-refractivity contribution in [3.63, 3.8) is 0 Å². The van der Waals surface area contributed by atoms with Gasteiger partial charge in [-0.3, -0.25) is 24.5 Å². The number of imide groups is 1. The monoisotopic (exact) mass is 479 g/mol. The first kappa shape index (κ1) is 21.9. The Morgan fingerprint density at radius 3 is 2.12 bits per heavy atom. The van der Waals surface area contributed by atoms with Crippen LogP contribution in [0.2, 0.25) is 5.02 Å². The number of benzene rings is 3. The van der Waals surface area contributed by atoms with Crippen LogP contribution in [0.4, 0.5) is 17.1 Å². The summed E-state index contributed by atoms with van der Waals surface area (Å²) in [7, 11) is 1.53. The first-order chi connectivity index (χ1) is 16.4. The maximum atomic E-state index is 13.6. The average Bonchev–Trinajstić information content (AvgIpc) is 3.35. The second-order valence-electron chi connectivity index (χ2n) is 7.86. The zero-order valence-electron chi connectivity index (χ0n) is 17.8. The summed E-state index contributed by atoms with van der Waals surface area (Å²) in [5.41, 5.74) is 1.53. The van der Waals surface area contributed by atoms with Gasteiger partial charge in [0.05, 0.1) is 29.4 Å². The molecule has 0 radical (unpaired) electrons.